The molecule has 1 aromatic carbocycles. The van der Waals surface area contributed by atoms with Crippen LogP contribution in [0.4, 0.5) is 0 Å². The van der Waals surface area contributed by atoms with Crippen molar-refractivity contribution in [3.05, 3.63) is 33.8 Å². The minimum Gasteiger partial charge on any atom is -0.309 e. The quantitative estimate of drug-likeness (QED) is 0.871. The van der Waals surface area contributed by atoms with Crippen LogP contribution in [0.25, 0.3) is 0 Å². The molecule has 96 valence electrons. The Hall–Kier alpha value is -0.0900. The van der Waals surface area contributed by atoms with Gasteiger partial charge in [0.15, 0.2) is 0 Å². The Labute approximate surface area is 115 Å². The van der Waals surface area contributed by atoms with Gasteiger partial charge in [-0.05, 0) is 24.1 Å². The highest BCUT2D eigenvalue weighted by molar-refractivity contribution is 7.84. The van der Waals surface area contributed by atoms with Crippen molar-refractivity contribution in [2.24, 2.45) is 0 Å². The molecule has 0 aliphatic heterocycles. The van der Waals surface area contributed by atoms with E-state index in [1.54, 1.807) is 12.3 Å². The Morgan fingerprint density at radius 2 is 2.12 bits per heavy atom. The van der Waals surface area contributed by atoms with Crippen LogP contribution < -0.4 is 5.32 Å². The highest BCUT2D eigenvalue weighted by Gasteiger charge is 2.12. The summed E-state index contributed by atoms with van der Waals surface area (Å²) in [6.45, 7) is 2.81. The Morgan fingerprint density at radius 1 is 1.41 bits per heavy atom. The molecule has 17 heavy (non-hydrogen) atoms. The van der Waals surface area contributed by atoms with Crippen molar-refractivity contribution < 1.29 is 4.21 Å². The van der Waals surface area contributed by atoms with Gasteiger partial charge in [-0.25, -0.2) is 0 Å². The second kappa shape index (κ2) is 7.37. The van der Waals surface area contributed by atoms with E-state index in [9.17, 15) is 4.21 Å². The molecule has 0 heterocycles. The van der Waals surface area contributed by atoms with Crippen LogP contribution in [-0.2, 0) is 10.8 Å². The fourth-order valence-electron chi connectivity index (χ4n) is 1.64. The van der Waals surface area contributed by atoms with Gasteiger partial charge in [0, 0.05) is 45.4 Å². The SMILES string of the molecule is CCC(NCCS(C)=O)c1ccc(Cl)cc1Cl. The third-order valence-corrected chi connectivity index (χ3v) is 3.87. The molecule has 0 amide bonds. The van der Waals surface area contributed by atoms with E-state index in [1.165, 1.54) is 0 Å². The first-order valence-electron chi connectivity index (χ1n) is 5.53. The molecule has 0 aliphatic rings. The van der Waals surface area contributed by atoms with Crippen molar-refractivity contribution in [2.45, 2.75) is 19.4 Å². The molecule has 0 radical (unpaired) electrons. The summed E-state index contributed by atoms with van der Waals surface area (Å²) in [5, 5.41) is 4.67. The summed E-state index contributed by atoms with van der Waals surface area (Å²) in [7, 11) is -0.766. The van der Waals surface area contributed by atoms with Crippen LogP contribution in [0.5, 0.6) is 0 Å². The van der Waals surface area contributed by atoms with Crippen LogP contribution in [0.15, 0.2) is 18.2 Å². The number of hydrogen-bond donors (Lipinski definition) is 1. The molecule has 1 rings (SSSR count). The predicted octanol–water partition coefficient (Wildman–Crippen LogP) is 3.41. The zero-order chi connectivity index (χ0) is 12.8. The second-order valence-corrected chi connectivity index (χ2v) is 6.26. The molecule has 0 aliphatic carbocycles. The highest BCUT2D eigenvalue weighted by Crippen LogP contribution is 2.27. The topological polar surface area (TPSA) is 29.1 Å². The lowest BCUT2D eigenvalue weighted by molar-refractivity contribution is 0.538. The number of rotatable bonds is 6. The van der Waals surface area contributed by atoms with E-state index in [0.29, 0.717) is 15.8 Å². The van der Waals surface area contributed by atoms with Crippen LogP contribution in [0.3, 0.4) is 0 Å². The average molecular weight is 294 g/mol. The predicted molar refractivity (Wildman–Crippen MR) is 76.4 cm³/mol. The van der Waals surface area contributed by atoms with Gasteiger partial charge < -0.3 is 5.32 Å². The van der Waals surface area contributed by atoms with Gasteiger partial charge in [-0.2, -0.15) is 0 Å². The monoisotopic (exact) mass is 293 g/mol. The van der Waals surface area contributed by atoms with E-state index in [4.69, 9.17) is 23.2 Å². The Bertz CT molecular complexity index is 398. The molecule has 0 spiro atoms. The summed E-state index contributed by atoms with van der Waals surface area (Å²) in [6, 6.07) is 5.71. The van der Waals surface area contributed by atoms with Gasteiger partial charge in [0.1, 0.15) is 0 Å². The summed E-state index contributed by atoms with van der Waals surface area (Å²) in [4.78, 5) is 0. The summed E-state index contributed by atoms with van der Waals surface area (Å²) in [5.74, 6) is 0.654. The zero-order valence-corrected chi connectivity index (χ0v) is 12.3. The molecular weight excluding hydrogens is 277 g/mol. The Balaban J connectivity index is 2.69. The minimum atomic E-state index is -0.766. The maximum atomic E-state index is 11.0. The van der Waals surface area contributed by atoms with Gasteiger partial charge >= 0.3 is 0 Å². The summed E-state index contributed by atoms with van der Waals surface area (Å²) in [5.41, 5.74) is 1.04. The zero-order valence-electron chi connectivity index (χ0n) is 10.0. The van der Waals surface area contributed by atoms with Crippen LogP contribution in [0, 0.1) is 0 Å². The molecule has 1 N–H and O–H groups in total. The normalized spacial score (nSPS) is 14.6. The second-order valence-electron chi connectivity index (χ2n) is 3.86. The van der Waals surface area contributed by atoms with Gasteiger partial charge in [0.25, 0.3) is 0 Å². The van der Waals surface area contributed by atoms with Crippen LogP contribution >= 0.6 is 23.2 Å². The van der Waals surface area contributed by atoms with Gasteiger partial charge in [-0.1, -0.05) is 36.2 Å². The van der Waals surface area contributed by atoms with E-state index in [1.807, 2.05) is 12.1 Å². The number of halogens is 2. The van der Waals surface area contributed by atoms with Crippen molar-refractivity contribution >= 4 is 34.0 Å². The van der Waals surface area contributed by atoms with E-state index < -0.39 is 10.8 Å². The standard InChI is InChI=1S/C12H17Cl2NOS/c1-3-12(15-6-7-17(2)16)10-5-4-9(13)8-11(10)14/h4-5,8,12,15H,3,6-7H2,1-2H3. The first-order chi connectivity index (χ1) is 8.04. The summed E-state index contributed by atoms with van der Waals surface area (Å²) in [6.07, 6.45) is 2.63. The average Bonchev–Trinajstić information content (AvgIpc) is 2.25. The van der Waals surface area contributed by atoms with E-state index in [0.717, 1.165) is 18.5 Å². The van der Waals surface area contributed by atoms with Crippen LogP contribution in [0.1, 0.15) is 24.9 Å². The maximum Gasteiger partial charge on any atom is 0.0468 e. The van der Waals surface area contributed by atoms with Crippen molar-refractivity contribution in [3.63, 3.8) is 0 Å². The highest BCUT2D eigenvalue weighted by atomic mass is 35.5. The molecule has 0 fully saturated rings. The van der Waals surface area contributed by atoms with Gasteiger partial charge in [0.05, 0.1) is 0 Å². The lowest BCUT2D eigenvalue weighted by Crippen LogP contribution is -2.25. The molecule has 0 saturated heterocycles. The van der Waals surface area contributed by atoms with E-state index >= 15 is 0 Å². The van der Waals surface area contributed by atoms with Gasteiger partial charge in [-0.15, -0.1) is 0 Å². The third-order valence-electron chi connectivity index (χ3n) is 2.53. The van der Waals surface area contributed by atoms with Crippen LogP contribution in [0.2, 0.25) is 10.0 Å². The molecule has 2 atom stereocenters. The smallest absolute Gasteiger partial charge is 0.0468 e. The molecule has 1 aromatic rings. The Morgan fingerprint density at radius 3 is 2.65 bits per heavy atom. The summed E-state index contributed by atoms with van der Waals surface area (Å²) < 4.78 is 11.0. The van der Waals surface area contributed by atoms with Crippen LogP contribution in [-0.4, -0.2) is 22.8 Å². The van der Waals surface area contributed by atoms with Gasteiger partial charge in [0.2, 0.25) is 0 Å². The first-order valence-corrected chi connectivity index (χ1v) is 8.01. The molecular formula is C12H17Cl2NOS. The lowest BCUT2D eigenvalue weighted by atomic mass is 10.0. The lowest BCUT2D eigenvalue weighted by Gasteiger charge is -2.18. The first kappa shape index (κ1) is 15.0. The fourth-order valence-corrected chi connectivity index (χ4v) is 2.58. The molecule has 0 saturated carbocycles. The number of benzene rings is 1. The van der Waals surface area contributed by atoms with Crippen molar-refractivity contribution in [2.75, 3.05) is 18.6 Å². The molecule has 2 nitrogen and oxygen atoms in total. The molecule has 0 aromatic heterocycles. The third kappa shape index (κ3) is 4.96. The largest absolute Gasteiger partial charge is 0.309 e. The maximum absolute atomic E-state index is 11.0. The van der Waals surface area contributed by atoms with Crippen molar-refractivity contribution in [3.8, 4) is 0 Å². The fraction of sp³-hybridized carbons (Fsp3) is 0.500. The van der Waals surface area contributed by atoms with E-state index in [2.05, 4.69) is 12.2 Å². The Kier molecular flexibility index (Phi) is 6.49. The summed E-state index contributed by atoms with van der Waals surface area (Å²) >= 11 is 12.0. The minimum absolute atomic E-state index is 0.184. The number of nitrogens with one attached hydrogen (secondary N) is 1. The molecule has 0 bridgehead atoms. The van der Waals surface area contributed by atoms with Crippen molar-refractivity contribution in [1.82, 2.24) is 5.32 Å². The van der Waals surface area contributed by atoms with E-state index in [-0.39, 0.29) is 6.04 Å². The number of hydrogen-bond acceptors (Lipinski definition) is 2. The van der Waals surface area contributed by atoms with Crippen molar-refractivity contribution in [1.29, 1.82) is 0 Å². The van der Waals surface area contributed by atoms with Gasteiger partial charge in [-0.3, -0.25) is 4.21 Å². The molecule has 5 heteroatoms. The molecule has 2 unspecified atom stereocenters.